The van der Waals surface area contributed by atoms with Crippen LogP contribution in [-0.4, -0.2) is 28.4 Å². The van der Waals surface area contributed by atoms with Gasteiger partial charge >= 0.3 is 5.97 Å². The Bertz CT molecular complexity index is 795. The molecule has 0 bridgehead atoms. The minimum atomic E-state index is -0.942. The number of methoxy groups -OCH3 is 1. The smallest absolute Gasteiger partial charge is 0.335 e. The van der Waals surface area contributed by atoms with Crippen molar-refractivity contribution in [1.29, 1.82) is 0 Å². The average Bonchev–Trinajstić information content (AvgIpc) is 3.05. The van der Waals surface area contributed by atoms with Crippen LogP contribution < -0.4 is 4.74 Å². The van der Waals surface area contributed by atoms with Gasteiger partial charge in [-0.05, 0) is 36.4 Å². The van der Waals surface area contributed by atoms with Crippen molar-refractivity contribution in [2.75, 3.05) is 7.11 Å². The van der Waals surface area contributed by atoms with Crippen LogP contribution in [0.5, 0.6) is 5.75 Å². The van der Waals surface area contributed by atoms with Crippen molar-refractivity contribution in [2.24, 2.45) is 0 Å². The van der Waals surface area contributed by atoms with Crippen molar-refractivity contribution in [3.63, 3.8) is 0 Å². The highest BCUT2D eigenvalue weighted by Gasteiger charge is 2.10. The number of nitrogens with zero attached hydrogens (tertiary/aromatic N) is 2. The molecule has 6 heteroatoms. The topological polar surface area (TPSA) is 72.3 Å². The lowest BCUT2D eigenvalue weighted by Crippen LogP contribution is -1.94. The molecule has 0 aliphatic rings. The van der Waals surface area contributed by atoms with Gasteiger partial charge in [0.2, 0.25) is 0 Å². The second kappa shape index (κ2) is 5.95. The number of hydrogen-bond acceptors (Lipinski definition) is 5. The highest BCUT2D eigenvalue weighted by Crippen LogP contribution is 2.30. The maximum Gasteiger partial charge on any atom is 0.335 e. The molecule has 2 aromatic carbocycles. The predicted molar refractivity (Wildman–Crippen MR) is 84.3 cm³/mol. The minimum Gasteiger partial charge on any atom is -0.497 e. The van der Waals surface area contributed by atoms with Crippen LogP contribution in [0.2, 0.25) is 0 Å². The van der Waals surface area contributed by atoms with Gasteiger partial charge in [-0.1, -0.05) is 23.5 Å². The number of carboxylic acids is 1. The molecule has 1 N–H and O–H groups in total. The van der Waals surface area contributed by atoms with Crippen molar-refractivity contribution in [2.45, 2.75) is 0 Å². The maximum absolute atomic E-state index is 10.9. The van der Waals surface area contributed by atoms with Crippen LogP contribution >= 0.6 is 11.3 Å². The fourth-order valence-corrected chi connectivity index (χ4v) is 2.80. The molecule has 0 spiro atoms. The minimum absolute atomic E-state index is 0.253. The van der Waals surface area contributed by atoms with E-state index in [-0.39, 0.29) is 5.56 Å². The van der Waals surface area contributed by atoms with Crippen LogP contribution in [-0.2, 0) is 0 Å². The van der Waals surface area contributed by atoms with Crippen molar-refractivity contribution in [3.05, 3.63) is 54.1 Å². The molecule has 0 amide bonds. The van der Waals surface area contributed by atoms with E-state index in [4.69, 9.17) is 9.84 Å². The van der Waals surface area contributed by atoms with Crippen LogP contribution in [0, 0.1) is 0 Å². The molecule has 0 fully saturated rings. The zero-order valence-electron chi connectivity index (χ0n) is 11.7. The second-order valence-electron chi connectivity index (χ2n) is 4.52. The standard InChI is InChI=1S/C16H12N2O3S/c1-21-13-8-6-11(7-9-13)15-18-17-14(22-15)10-2-4-12(5-3-10)16(19)20/h2-9H,1H3,(H,19,20). The van der Waals surface area contributed by atoms with E-state index in [1.165, 1.54) is 11.3 Å². The Hall–Kier alpha value is -2.73. The van der Waals surface area contributed by atoms with Gasteiger partial charge < -0.3 is 9.84 Å². The summed E-state index contributed by atoms with van der Waals surface area (Å²) in [5, 5.41) is 18.8. The lowest BCUT2D eigenvalue weighted by Gasteiger charge is -1.99. The Morgan fingerprint density at radius 2 is 1.45 bits per heavy atom. The lowest BCUT2D eigenvalue weighted by molar-refractivity contribution is 0.0697. The Morgan fingerprint density at radius 1 is 0.955 bits per heavy atom. The summed E-state index contributed by atoms with van der Waals surface area (Å²) < 4.78 is 5.13. The third-order valence-corrected chi connectivity index (χ3v) is 4.16. The van der Waals surface area contributed by atoms with Gasteiger partial charge in [-0.15, -0.1) is 10.2 Å². The summed E-state index contributed by atoms with van der Waals surface area (Å²) in [6, 6.07) is 14.2. The van der Waals surface area contributed by atoms with Gasteiger partial charge in [0.15, 0.2) is 0 Å². The van der Waals surface area contributed by atoms with E-state index in [9.17, 15) is 4.79 Å². The van der Waals surface area contributed by atoms with Crippen molar-refractivity contribution < 1.29 is 14.6 Å². The summed E-state index contributed by atoms with van der Waals surface area (Å²) in [5.41, 5.74) is 2.07. The fourth-order valence-electron chi connectivity index (χ4n) is 1.95. The second-order valence-corrected chi connectivity index (χ2v) is 5.50. The van der Waals surface area contributed by atoms with E-state index in [1.54, 1.807) is 31.4 Å². The molecular formula is C16H12N2O3S. The van der Waals surface area contributed by atoms with Gasteiger partial charge in [0.25, 0.3) is 0 Å². The van der Waals surface area contributed by atoms with Gasteiger partial charge in [0, 0.05) is 11.1 Å². The van der Waals surface area contributed by atoms with Gasteiger partial charge in [-0.3, -0.25) is 0 Å². The number of carbonyl (C=O) groups is 1. The molecule has 0 atom stereocenters. The molecule has 0 unspecified atom stereocenters. The van der Waals surface area contributed by atoms with Crippen LogP contribution in [0.3, 0.4) is 0 Å². The number of hydrogen-bond donors (Lipinski definition) is 1. The zero-order chi connectivity index (χ0) is 15.5. The molecule has 0 radical (unpaired) electrons. The zero-order valence-corrected chi connectivity index (χ0v) is 12.5. The van der Waals surface area contributed by atoms with E-state index in [1.807, 2.05) is 24.3 Å². The summed E-state index contributed by atoms with van der Waals surface area (Å²) in [6.45, 7) is 0. The average molecular weight is 312 g/mol. The third kappa shape index (κ3) is 2.82. The summed E-state index contributed by atoms with van der Waals surface area (Å²) >= 11 is 1.46. The summed E-state index contributed by atoms with van der Waals surface area (Å²) in [7, 11) is 1.62. The first-order chi connectivity index (χ1) is 10.7. The highest BCUT2D eigenvalue weighted by atomic mass is 32.1. The van der Waals surface area contributed by atoms with Crippen LogP contribution in [0.4, 0.5) is 0 Å². The van der Waals surface area contributed by atoms with Crippen molar-refractivity contribution >= 4 is 17.3 Å². The largest absolute Gasteiger partial charge is 0.497 e. The summed E-state index contributed by atoms with van der Waals surface area (Å²) in [5.74, 6) is -0.152. The van der Waals surface area contributed by atoms with E-state index in [0.29, 0.717) is 0 Å². The number of aromatic nitrogens is 2. The Morgan fingerprint density at radius 3 is 1.91 bits per heavy atom. The lowest BCUT2D eigenvalue weighted by atomic mass is 10.1. The number of carboxylic acid groups (broad SMARTS) is 1. The highest BCUT2D eigenvalue weighted by molar-refractivity contribution is 7.17. The molecule has 0 saturated carbocycles. The molecule has 1 aromatic heterocycles. The van der Waals surface area contributed by atoms with E-state index < -0.39 is 5.97 Å². The first-order valence-corrected chi connectivity index (χ1v) is 7.30. The fraction of sp³-hybridized carbons (Fsp3) is 0.0625. The Balaban J connectivity index is 1.87. The van der Waals surface area contributed by atoms with E-state index in [0.717, 1.165) is 26.9 Å². The monoisotopic (exact) mass is 312 g/mol. The maximum atomic E-state index is 10.9. The Kier molecular flexibility index (Phi) is 3.84. The molecule has 22 heavy (non-hydrogen) atoms. The van der Waals surface area contributed by atoms with Crippen molar-refractivity contribution in [1.82, 2.24) is 10.2 Å². The van der Waals surface area contributed by atoms with Crippen LogP contribution in [0.25, 0.3) is 21.1 Å². The summed E-state index contributed by atoms with van der Waals surface area (Å²) in [6.07, 6.45) is 0. The number of ether oxygens (including phenoxy) is 1. The number of benzene rings is 2. The van der Waals surface area contributed by atoms with Crippen LogP contribution in [0.1, 0.15) is 10.4 Å². The summed E-state index contributed by atoms with van der Waals surface area (Å²) in [4.78, 5) is 10.9. The van der Waals surface area contributed by atoms with Gasteiger partial charge in [0.05, 0.1) is 12.7 Å². The molecule has 3 aromatic rings. The molecule has 1 heterocycles. The SMILES string of the molecule is COc1ccc(-c2nnc(-c3ccc(C(=O)O)cc3)s2)cc1. The molecule has 3 rings (SSSR count). The van der Waals surface area contributed by atoms with Gasteiger partial charge in [-0.25, -0.2) is 4.79 Å². The van der Waals surface area contributed by atoms with E-state index >= 15 is 0 Å². The normalized spacial score (nSPS) is 10.4. The van der Waals surface area contributed by atoms with Crippen LogP contribution in [0.15, 0.2) is 48.5 Å². The molecule has 5 nitrogen and oxygen atoms in total. The molecule has 0 aliphatic carbocycles. The molecule has 110 valence electrons. The number of aromatic carboxylic acids is 1. The van der Waals surface area contributed by atoms with Gasteiger partial charge in [0.1, 0.15) is 15.8 Å². The molecule has 0 saturated heterocycles. The number of rotatable bonds is 4. The third-order valence-electron chi connectivity index (χ3n) is 3.14. The quantitative estimate of drug-likeness (QED) is 0.797. The van der Waals surface area contributed by atoms with Gasteiger partial charge in [-0.2, -0.15) is 0 Å². The first-order valence-electron chi connectivity index (χ1n) is 6.49. The predicted octanol–water partition coefficient (Wildman–Crippen LogP) is 3.58. The molecule has 0 aliphatic heterocycles. The van der Waals surface area contributed by atoms with Crippen molar-refractivity contribution in [3.8, 4) is 26.9 Å². The molecular weight excluding hydrogens is 300 g/mol. The Labute approximate surface area is 130 Å². The first kappa shape index (κ1) is 14.2. The van der Waals surface area contributed by atoms with E-state index in [2.05, 4.69) is 10.2 Å².